The van der Waals surface area contributed by atoms with E-state index < -0.39 is 5.41 Å². The summed E-state index contributed by atoms with van der Waals surface area (Å²) in [6.07, 6.45) is 1.18. The first-order chi connectivity index (χ1) is 16.9. The Morgan fingerprint density at radius 1 is 1.11 bits per heavy atom. The van der Waals surface area contributed by atoms with E-state index in [4.69, 9.17) is 21.1 Å². The smallest absolute Gasteiger partial charge is 0.241 e. The van der Waals surface area contributed by atoms with Crippen LogP contribution in [0.2, 0.25) is 5.02 Å². The summed E-state index contributed by atoms with van der Waals surface area (Å²) in [6, 6.07) is 14.9. The van der Waals surface area contributed by atoms with E-state index in [1.165, 1.54) is 12.0 Å². The highest BCUT2D eigenvalue weighted by molar-refractivity contribution is 6.31. The van der Waals surface area contributed by atoms with Gasteiger partial charge < -0.3 is 14.4 Å². The zero-order valence-electron chi connectivity index (χ0n) is 20.2. The molecule has 0 aromatic heterocycles. The average Bonchev–Trinajstić information content (AvgIpc) is 3.44. The van der Waals surface area contributed by atoms with E-state index in [-0.39, 0.29) is 43.0 Å². The molecule has 0 spiro atoms. The number of rotatable bonds is 9. The molecule has 35 heavy (non-hydrogen) atoms. The monoisotopic (exact) mass is 498 g/mol. The van der Waals surface area contributed by atoms with Crippen LogP contribution in [0.25, 0.3) is 0 Å². The molecule has 0 radical (unpaired) electrons. The normalized spacial score (nSPS) is 22.2. The van der Waals surface area contributed by atoms with Crippen molar-refractivity contribution in [2.75, 3.05) is 40.5 Å². The number of imide groups is 1. The first kappa shape index (κ1) is 25.2. The third-order valence-electron chi connectivity index (χ3n) is 7.10. The number of hydrogen-bond donors (Lipinski definition) is 0. The third kappa shape index (κ3) is 4.93. The molecule has 2 aromatic rings. The molecule has 4 rings (SSSR count). The number of ether oxygens (including phenoxy) is 2. The van der Waals surface area contributed by atoms with Crippen LogP contribution in [0.15, 0.2) is 48.5 Å². The Bertz CT molecular complexity index is 1110. The summed E-state index contributed by atoms with van der Waals surface area (Å²) < 4.78 is 10.6. The molecule has 0 aliphatic carbocycles. The molecule has 2 saturated heterocycles. The fraction of sp³-hybridized carbons (Fsp3) is 0.444. The van der Waals surface area contributed by atoms with E-state index in [9.17, 15) is 14.4 Å². The molecule has 0 N–H and O–H groups in total. The molecule has 2 fully saturated rings. The van der Waals surface area contributed by atoms with Gasteiger partial charge in [-0.25, -0.2) is 0 Å². The van der Waals surface area contributed by atoms with Crippen molar-refractivity contribution < 1.29 is 23.9 Å². The molecular formula is C27H31ClN2O5. The fourth-order valence-corrected chi connectivity index (χ4v) is 5.58. The first-order valence-electron chi connectivity index (χ1n) is 11.9. The lowest BCUT2D eigenvalue weighted by atomic mass is 9.75. The summed E-state index contributed by atoms with van der Waals surface area (Å²) in [6.45, 7) is 1.81. The number of carbonyl (C=O) groups excluding carboxylic acids is 3. The van der Waals surface area contributed by atoms with E-state index >= 15 is 0 Å². The minimum Gasteiger partial charge on any atom is -0.496 e. The van der Waals surface area contributed by atoms with Gasteiger partial charge in [0.2, 0.25) is 17.7 Å². The van der Waals surface area contributed by atoms with Crippen LogP contribution < -0.4 is 4.74 Å². The van der Waals surface area contributed by atoms with Gasteiger partial charge in [-0.3, -0.25) is 19.3 Å². The van der Waals surface area contributed by atoms with Crippen molar-refractivity contribution in [2.45, 2.75) is 37.0 Å². The highest BCUT2D eigenvalue weighted by Gasteiger charge is 2.55. The number of benzene rings is 2. The quantitative estimate of drug-likeness (QED) is 0.388. The summed E-state index contributed by atoms with van der Waals surface area (Å²) in [4.78, 5) is 43.5. The lowest BCUT2D eigenvalue weighted by molar-refractivity contribution is -0.142. The summed E-state index contributed by atoms with van der Waals surface area (Å²) in [7, 11) is 3.11. The van der Waals surface area contributed by atoms with Crippen molar-refractivity contribution in [3.63, 3.8) is 0 Å². The number of carbonyl (C=O) groups is 3. The van der Waals surface area contributed by atoms with Crippen molar-refractivity contribution in [1.82, 2.24) is 9.80 Å². The van der Waals surface area contributed by atoms with Gasteiger partial charge in [0.05, 0.1) is 12.5 Å². The molecule has 2 heterocycles. The minimum atomic E-state index is -1.30. The molecule has 0 bridgehead atoms. The van der Waals surface area contributed by atoms with Crippen molar-refractivity contribution >= 4 is 29.3 Å². The molecule has 0 unspecified atom stereocenters. The molecule has 2 atom stereocenters. The van der Waals surface area contributed by atoms with Gasteiger partial charge in [0, 0.05) is 62.7 Å². The highest BCUT2D eigenvalue weighted by Crippen LogP contribution is 2.44. The van der Waals surface area contributed by atoms with Crippen LogP contribution in [0.4, 0.5) is 0 Å². The van der Waals surface area contributed by atoms with Gasteiger partial charge in [-0.05, 0) is 30.5 Å². The van der Waals surface area contributed by atoms with Crippen molar-refractivity contribution in [3.05, 3.63) is 64.7 Å². The van der Waals surface area contributed by atoms with E-state index in [1.807, 2.05) is 30.3 Å². The zero-order chi connectivity index (χ0) is 25.0. The SMILES string of the molecule is COCCCN1C(=O)C[C@@](CC(=O)N2CC[C@@H](c3ccccc3Cl)C2)(c2ccccc2OC)C1=O. The summed E-state index contributed by atoms with van der Waals surface area (Å²) in [5.41, 5.74) is 0.307. The van der Waals surface area contributed by atoms with E-state index in [2.05, 4.69) is 0 Å². The highest BCUT2D eigenvalue weighted by atomic mass is 35.5. The lowest BCUT2D eigenvalue weighted by Gasteiger charge is -2.30. The second-order valence-corrected chi connectivity index (χ2v) is 9.59. The van der Waals surface area contributed by atoms with Gasteiger partial charge in [0.15, 0.2) is 0 Å². The number of para-hydroxylation sites is 1. The predicted molar refractivity (Wildman–Crippen MR) is 133 cm³/mol. The average molecular weight is 499 g/mol. The molecule has 186 valence electrons. The van der Waals surface area contributed by atoms with Crippen molar-refractivity contribution in [3.8, 4) is 5.75 Å². The maximum absolute atomic E-state index is 13.8. The number of methoxy groups -OCH3 is 2. The second kappa shape index (κ2) is 10.8. The Balaban J connectivity index is 1.61. The van der Waals surface area contributed by atoms with Crippen LogP contribution in [0.1, 0.15) is 42.7 Å². The Morgan fingerprint density at radius 3 is 2.60 bits per heavy atom. The van der Waals surface area contributed by atoms with E-state index in [0.29, 0.717) is 42.5 Å². The molecule has 3 amide bonds. The number of halogens is 1. The number of nitrogens with zero attached hydrogens (tertiary/aromatic N) is 2. The molecule has 2 aliphatic rings. The molecule has 0 saturated carbocycles. The van der Waals surface area contributed by atoms with Crippen LogP contribution in [-0.2, 0) is 24.5 Å². The third-order valence-corrected chi connectivity index (χ3v) is 7.44. The molecule has 7 nitrogen and oxygen atoms in total. The summed E-state index contributed by atoms with van der Waals surface area (Å²) >= 11 is 6.39. The van der Waals surface area contributed by atoms with Crippen molar-refractivity contribution in [2.24, 2.45) is 0 Å². The minimum absolute atomic E-state index is 0.0628. The van der Waals surface area contributed by atoms with E-state index in [0.717, 1.165) is 12.0 Å². The molecular weight excluding hydrogens is 468 g/mol. The Morgan fingerprint density at radius 2 is 1.86 bits per heavy atom. The topological polar surface area (TPSA) is 76.2 Å². The van der Waals surface area contributed by atoms with Crippen LogP contribution in [0.3, 0.4) is 0 Å². The second-order valence-electron chi connectivity index (χ2n) is 9.18. The van der Waals surface area contributed by atoms with Crippen LogP contribution >= 0.6 is 11.6 Å². The van der Waals surface area contributed by atoms with Crippen LogP contribution in [0.5, 0.6) is 5.75 Å². The number of hydrogen-bond acceptors (Lipinski definition) is 5. The van der Waals surface area contributed by atoms with Crippen LogP contribution in [-0.4, -0.2) is 68.0 Å². The Labute approximate surface area is 210 Å². The summed E-state index contributed by atoms with van der Waals surface area (Å²) in [5.74, 6) is -0.138. The Kier molecular flexibility index (Phi) is 7.77. The molecule has 2 aliphatic heterocycles. The largest absolute Gasteiger partial charge is 0.496 e. The standard InChI is InChI=1S/C27H31ClN2O5/c1-34-15-7-13-30-25(32)17-27(26(30)33,21-9-4-6-11-23(21)35-2)16-24(31)29-14-12-19(18-29)20-8-3-5-10-22(20)28/h3-6,8-11,19H,7,12-18H2,1-2H3/t19-,27+/m1/s1. The lowest BCUT2D eigenvalue weighted by Crippen LogP contribution is -2.43. The number of amides is 3. The summed E-state index contributed by atoms with van der Waals surface area (Å²) in [5, 5.41) is 0.695. The van der Waals surface area contributed by atoms with Crippen molar-refractivity contribution in [1.29, 1.82) is 0 Å². The molecule has 8 heteroatoms. The van der Waals surface area contributed by atoms with Gasteiger partial charge in [0.25, 0.3) is 0 Å². The van der Waals surface area contributed by atoms with Gasteiger partial charge in [-0.1, -0.05) is 48.0 Å². The fourth-order valence-electron chi connectivity index (χ4n) is 5.29. The van der Waals surface area contributed by atoms with Gasteiger partial charge in [-0.2, -0.15) is 0 Å². The molecule has 2 aromatic carbocycles. The van der Waals surface area contributed by atoms with Gasteiger partial charge in [-0.15, -0.1) is 0 Å². The Hall–Kier alpha value is -2.90. The maximum Gasteiger partial charge on any atom is 0.241 e. The van der Waals surface area contributed by atoms with E-state index in [1.54, 1.807) is 30.2 Å². The maximum atomic E-state index is 13.8. The zero-order valence-corrected chi connectivity index (χ0v) is 20.9. The first-order valence-corrected chi connectivity index (χ1v) is 12.3. The van der Waals surface area contributed by atoms with Gasteiger partial charge >= 0.3 is 0 Å². The number of likely N-dealkylation sites (tertiary alicyclic amines) is 2. The van der Waals surface area contributed by atoms with Crippen LogP contribution in [0, 0.1) is 0 Å². The predicted octanol–water partition coefficient (Wildman–Crippen LogP) is 3.79. The van der Waals surface area contributed by atoms with Gasteiger partial charge in [0.1, 0.15) is 5.75 Å².